The first-order chi connectivity index (χ1) is 61.5. The van der Waals surface area contributed by atoms with E-state index in [1.54, 1.807) is 0 Å². The molecule has 11 heterocycles. The van der Waals surface area contributed by atoms with Crippen molar-refractivity contribution in [3.05, 3.63) is 0 Å². The van der Waals surface area contributed by atoms with Gasteiger partial charge in [-0.3, -0.25) is 14.4 Å². The second kappa shape index (κ2) is 46.4. The van der Waals surface area contributed by atoms with E-state index in [1.165, 1.54) is 6.92 Å². The topological polar surface area (TPSA) is 908 Å². The van der Waals surface area contributed by atoms with E-state index in [-0.39, 0.29) is 0 Å². The van der Waals surface area contributed by atoms with Crippen LogP contribution in [0.15, 0.2) is 0 Å². The molecule has 0 saturated carbocycles. The van der Waals surface area contributed by atoms with Crippen LogP contribution in [0.3, 0.4) is 0 Å². The van der Waals surface area contributed by atoms with Gasteiger partial charge in [0.1, 0.15) is 262 Å². The third-order valence-corrected chi connectivity index (χ3v) is 24.1. The Bertz CT molecular complexity index is 3500. The molecule has 58 nitrogen and oxygen atoms in total. The van der Waals surface area contributed by atoms with Gasteiger partial charge in [0, 0.05) is 20.8 Å². The molecule has 0 aromatic rings. The lowest BCUT2D eigenvalue weighted by Crippen LogP contribution is -2.71. The van der Waals surface area contributed by atoms with Crippen molar-refractivity contribution in [2.24, 2.45) is 0 Å². The molecule has 3 amide bonds. The van der Waals surface area contributed by atoms with E-state index in [0.717, 1.165) is 20.8 Å². The number of amides is 3. The Morgan fingerprint density at radius 2 is 0.462 bits per heavy atom. The lowest BCUT2D eigenvalue weighted by atomic mass is 9.93. The van der Waals surface area contributed by atoms with Crippen LogP contribution in [0.4, 0.5) is 0 Å². The first kappa shape index (κ1) is 107. The van der Waals surface area contributed by atoms with Gasteiger partial charge in [0.05, 0.1) is 72.2 Å². The average Bonchev–Trinajstić information content (AvgIpc) is 0.762. The molecule has 55 atom stereocenters. The monoisotopic (exact) mass is 1910 g/mol. The number of hydrogen-bond acceptors (Lipinski definition) is 55. The Balaban J connectivity index is 0.916. The molecule has 130 heavy (non-hydrogen) atoms. The summed E-state index contributed by atoms with van der Waals surface area (Å²) in [6.07, 6.45) is -110. The minimum atomic E-state index is -2.67. The summed E-state index contributed by atoms with van der Waals surface area (Å²) in [7, 11) is 0. The fourth-order valence-electron chi connectivity index (χ4n) is 16.8. The quantitative estimate of drug-likeness (QED) is 0.0290. The van der Waals surface area contributed by atoms with Gasteiger partial charge in [-0.15, -0.1) is 0 Å². The maximum Gasteiger partial charge on any atom is 0.217 e. The van der Waals surface area contributed by atoms with Crippen LogP contribution in [0.2, 0.25) is 0 Å². The predicted octanol–water partition coefficient (Wildman–Crippen LogP) is -23.5. The number of nitrogens with one attached hydrogen (secondary N) is 3. The van der Waals surface area contributed by atoms with Crippen molar-refractivity contribution in [3.8, 4) is 0 Å². The molecule has 0 radical (unpaired) electrons. The fourth-order valence-corrected chi connectivity index (χ4v) is 16.8. The Labute approximate surface area is 735 Å². The molecule has 754 valence electrons. The van der Waals surface area contributed by atoms with Crippen molar-refractivity contribution < 1.29 is 272 Å². The van der Waals surface area contributed by atoms with E-state index in [0.29, 0.717) is 0 Å². The number of hydrogen-bond donors (Lipinski definition) is 34. The summed E-state index contributed by atoms with van der Waals surface area (Å²) in [6, 6.07) is -5.92. The lowest BCUT2D eigenvalue weighted by molar-refractivity contribution is -0.400. The smallest absolute Gasteiger partial charge is 0.217 e. The Kier molecular flexibility index (Phi) is 38.1. The van der Waals surface area contributed by atoms with Crippen molar-refractivity contribution in [2.45, 2.75) is 365 Å². The highest BCUT2D eigenvalue weighted by atomic mass is 16.8. The molecule has 0 aliphatic carbocycles. The van der Waals surface area contributed by atoms with Gasteiger partial charge < -0.3 is 274 Å². The molecule has 1 unspecified atom stereocenters. The fraction of sp³-hybridized carbons (Fsp3) is 0.958. The van der Waals surface area contributed by atoms with Crippen molar-refractivity contribution in [2.75, 3.05) is 66.1 Å². The van der Waals surface area contributed by atoms with Crippen LogP contribution in [0.1, 0.15) is 27.7 Å². The van der Waals surface area contributed by atoms with Gasteiger partial charge in [-0.25, -0.2) is 0 Å². The normalized spacial score (nSPS) is 51.0. The minimum Gasteiger partial charge on any atom is -0.394 e. The molecule has 0 spiro atoms. The summed E-state index contributed by atoms with van der Waals surface area (Å²) in [4.78, 5) is 39.0. The SMILES string of the molecule is CC(=O)N[C@H]1[C@H](O[C@H]2[C@H](O)[C@@H](NC(C)=O)C(O)O[C@@H]2CO[C@@H]2O[C@@H](C)[C@@H](O)[C@@H](O)[C@@H]2O)O[C@H](CO)[C@@H](O[C@@H]2O[C@H](CO[C@H]3O[C@H](CO[C@H]4O[C@H](CO)[C@@H](O)[C@H](O)[C@@H]4O)[C@@H](O)[C@H](O[C@H]4O[C@H](CO)[C@@H](O)[C@H](O)[C@@H]4O)[C@@H]3O)[C@@H](O)[C@H](O[C@H]3O[C@H](CO)[C@@H](O)[C@H](O)[C@@H]3O[C@@H]3O[C@H](CO)[C@@H](O[C@@H]4O[C@H](CO)[C@H](O)[C@H](O[C@H]5O[C@H](CO)[C@H](O)[C@H](O)[C@H]5O)[C@H]4O)[C@H](O)[C@H]3NC(C)=O)[C@@H]2O)[C@@H]1O. The largest absolute Gasteiger partial charge is 0.394 e. The van der Waals surface area contributed by atoms with E-state index in [4.69, 9.17) is 99.5 Å². The highest BCUT2D eigenvalue weighted by Gasteiger charge is 2.62. The molecule has 34 N–H and O–H groups in total. The summed E-state index contributed by atoms with van der Waals surface area (Å²) >= 11 is 0. The van der Waals surface area contributed by atoms with Gasteiger partial charge in [0.2, 0.25) is 17.7 Å². The van der Waals surface area contributed by atoms with Crippen LogP contribution in [0.25, 0.3) is 0 Å². The highest BCUT2D eigenvalue weighted by molar-refractivity contribution is 5.74. The van der Waals surface area contributed by atoms with Crippen LogP contribution < -0.4 is 16.0 Å². The van der Waals surface area contributed by atoms with Crippen LogP contribution in [0, 0.1) is 0 Å². The number of rotatable bonds is 33. The van der Waals surface area contributed by atoms with E-state index >= 15 is 0 Å². The molecular weight excluding hydrogens is 1790 g/mol. The number of ether oxygens (including phenoxy) is 21. The molecular formula is C72H121N3O55. The van der Waals surface area contributed by atoms with Crippen molar-refractivity contribution in [1.29, 1.82) is 0 Å². The Morgan fingerprint density at radius 3 is 0.862 bits per heavy atom. The molecule has 11 fully saturated rings. The Hall–Kier alpha value is -3.67. The van der Waals surface area contributed by atoms with Crippen LogP contribution in [-0.4, -0.2) is 580 Å². The van der Waals surface area contributed by atoms with Gasteiger partial charge in [0.25, 0.3) is 0 Å². The second-order valence-electron chi connectivity index (χ2n) is 33.1. The number of aliphatic hydroxyl groups excluding tert-OH is 31. The highest BCUT2D eigenvalue weighted by Crippen LogP contribution is 2.41. The average molecular weight is 1910 g/mol. The summed E-state index contributed by atoms with van der Waals surface area (Å²) in [5, 5.41) is 353. The van der Waals surface area contributed by atoms with Crippen molar-refractivity contribution >= 4 is 17.7 Å². The van der Waals surface area contributed by atoms with E-state index in [9.17, 15) is 173 Å². The van der Waals surface area contributed by atoms with Crippen LogP contribution >= 0.6 is 0 Å². The molecule has 11 saturated heterocycles. The van der Waals surface area contributed by atoms with Gasteiger partial charge in [-0.05, 0) is 6.92 Å². The van der Waals surface area contributed by atoms with E-state index in [2.05, 4.69) is 16.0 Å². The number of carbonyl (C=O) groups is 3. The van der Waals surface area contributed by atoms with E-state index < -0.39 is 421 Å². The van der Waals surface area contributed by atoms with Crippen molar-refractivity contribution in [3.63, 3.8) is 0 Å². The van der Waals surface area contributed by atoms with Gasteiger partial charge >= 0.3 is 0 Å². The molecule has 0 aromatic carbocycles. The van der Waals surface area contributed by atoms with Gasteiger partial charge in [0.15, 0.2) is 69.2 Å². The predicted molar refractivity (Wildman–Crippen MR) is 396 cm³/mol. The molecule has 58 heteroatoms. The number of carbonyl (C=O) groups excluding carboxylic acids is 3. The Morgan fingerprint density at radius 1 is 0.215 bits per heavy atom. The zero-order valence-electron chi connectivity index (χ0n) is 69.5. The third-order valence-electron chi connectivity index (χ3n) is 24.1. The summed E-state index contributed by atoms with van der Waals surface area (Å²) in [5.74, 6) is -2.91. The van der Waals surface area contributed by atoms with Crippen molar-refractivity contribution in [1.82, 2.24) is 16.0 Å². The number of aliphatic hydroxyl groups is 31. The minimum absolute atomic E-state index is 0.860. The molecule has 11 aliphatic heterocycles. The maximum atomic E-state index is 13.3. The lowest BCUT2D eigenvalue weighted by Gasteiger charge is -2.51. The van der Waals surface area contributed by atoms with Gasteiger partial charge in [-0.1, -0.05) is 0 Å². The standard InChI is InChI=1S/C72H121N3O55/c1-15-32(86)43(97)48(102)65(113-15)112-14-28-57(40(94)29(62(109)114-28)73-16(2)83)124-63-30(74-17(3)84)41(95)56(24(10-81)120-63)126-71-54(108)60(39(93)27(123-71)13-111-67-52(106)59(128-69-51(105)46(100)35(89)21(7-78)117-69)38(92)26(122-67)12-110-66-49(103)44(98)33(87)19(5-76)115-66)129-72-61(47(101)36(90)22(8-79)119-72)130-64-31(75-18(4)85)42(96)55(25(11-82)121-64)125-70-53(107)58(37(91)23(9-80)118-70)127-68-50(104)45(99)34(88)20(6-77)116-68/h15,19-72,76-82,86-109H,5-14H2,1-4H3,(H,73,83)(H,74,84)(H,75,85)/t15-,19+,20+,21+,22+,23+,24+,25+,26+,27+,28+,29+,30+,31+,32+,33+,34-,35+,36+,37-,38+,39+,40+,41+,42+,43+,44-,45-,46-,47-,48-,49-,50+,51-,52-,53+,54-,55+,56+,57+,58-,59-,60-,61-,62?,63-,64-,65+,66-,67-,68+,69+,70-,71-,72+/m0/s1. The second-order valence-corrected chi connectivity index (χ2v) is 33.1. The summed E-state index contributed by atoms with van der Waals surface area (Å²) < 4.78 is 123. The third kappa shape index (κ3) is 23.2. The molecule has 11 rings (SSSR count). The molecule has 0 aromatic heterocycles. The van der Waals surface area contributed by atoms with Crippen LogP contribution in [0.5, 0.6) is 0 Å². The van der Waals surface area contributed by atoms with Crippen LogP contribution in [-0.2, 0) is 114 Å². The van der Waals surface area contributed by atoms with E-state index in [1.807, 2.05) is 0 Å². The maximum absolute atomic E-state index is 13.3. The molecule has 11 aliphatic rings. The summed E-state index contributed by atoms with van der Waals surface area (Å²) in [6.45, 7) is -7.02. The zero-order chi connectivity index (χ0) is 95.5. The summed E-state index contributed by atoms with van der Waals surface area (Å²) in [5.41, 5.74) is 0. The first-order valence-electron chi connectivity index (χ1n) is 41.5. The molecule has 0 bridgehead atoms. The first-order valence-corrected chi connectivity index (χ1v) is 41.5. The zero-order valence-corrected chi connectivity index (χ0v) is 69.5. The van der Waals surface area contributed by atoms with Gasteiger partial charge in [-0.2, -0.15) is 0 Å².